The zero-order chi connectivity index (χ0) is 47.2. The molecule has 0 saturated heterocycles. The third-order valence-electron chi connectivity index (χ3n) is 12.6. The highest BCUT2D eigenvalue weighted by Crippen LogP contribution is 2.16. The molecular weight excluding hydrogens is 805 g/mol. The Kier molecular flexibility index (Phi) is 52.3. The molecule has 1 atom stereocenters. The van der Waals surface area contributed by atoms with E-state index < -0.39 is 6.10 Å². The third kappa shape index (κ3) is 52.5. The lowest BCUT2D eigenvalue weighted by atomic mass is 10.0. The van der Waals surface area contributed by atoms with Crippen molar-refractivity contribution in [3.05, 3.63) is 36.5 Å². The van der Waals surface area contributed by atoms with E-state index in [0.717, 1.165) is 89.9 Å². The molecule has 0 aromatic carbocycles. The molecule has 0 aromatic rings. The summed E-state index contributed by atoms with van der Waals surface area (Å²) in [5.41, 5.74) is 0. The lowest BCUT2D eigenvalue weighted by Crippen LogP contribution is -2.30. The van der Waals surface area contributed by atoms with Gasteiger partial charge in [-0.05, 0) is 77.0 Å². The van der Waals surface area contributed by atoms with Crippen LogP contribution < -0.4 is 0 Å². The van der Waals surface area contributed by atoms with Gasteiger partial charge in [0.25, 0.3) is 0 Å². The number of hydrogen-bond acceptors (Lipinski definition) is 6. The molecule has 65 heavy (non-hydrogen) atoms. The van der Waals surface area contributed by atoms with E-state index in [0.29, 0.717) is 19.3 Å². The van der Waals surface area contributed by atoms with Crippen LogP contribution in [0, 0.1) is 0 Å². The molecule has 6 heteroatoms. The van der Waals surface area contributed by atoms with Crippen LogP contribution in [0.4, 0.5) is 0 Å². The lowest BCUT2D eigenvalue weighted by molar-refractivity contribution is -0.167. The largest absolute Gasteiger partial charge is 0.462 e. The number of ether oxygens (including phenoxy) is 3. The number of allylic oxidation sites excluding steroid dienone is 6. The van der Waals surface area contributed by atoms with Crippen LogP contribution in [-0.4, -0.2) is 37.2 Å². The first-order chi connectivity index (χ1) is 32.0. The van der Waals surface area contributed by atoms with E-state index >= 15 is 0 Å². The smallest absolute Gasteiger partial charge is 0.306 e. The maximum atomic E-state index is 12.8. The maximum absolute atomic E-state index is 12.8. The maximum Gasteiger partial charge on any atom is 0.306 e. The zero-order valence-corrected chi connectivity index (χ0v) is 43.5. The minimum atomic E-state index is -0.780. The molecule has 380 valence electrons. The minimum Gasteiger partial charge on any atom is -0.462 e. The fourth-order valence-electron chi connectivity index (χ4n) is 8.29. The summed E-state index contributed by atoms with van der Waals surface area (Å²) in [4.78, 5) is 38.1. The molecule has 0 N–H and O–H groups in total. The summed E-state index contributed by atoms with van der Waals surface area (Å²) in [5.74, 6) is -0.884. The van der Waals surface area contributed by atoms with Gasteiger partial charge < -0.3 is 14.2 Å². The van der Waals surface area contributed by atoms with Gasteiger partial charge in [0.1, 0.15) is 13.2 Å². The summed E-state index contributed by atoms with van der Waals surface area (Å²) >= 11 is 0. The number of carbonyl (C=O) groups is 3. The summed E-state index contributed by atoms with van der Waals surface area (Å²) in [5, 5.41) is 0. The van der Waals surface area contributed by atoms with Crippen LogP contribution in [0.1, 0.15) is 303 Å². The molecule has 0 bridgehead atoms. The average molecular weight is 914 g/mol. The van der Waals surface area contributed by atoms with Crippen LogP contribution in [0.25, 0.3) is 0 Å². The Morgan fingerprint density at radius 1 is 0.308 bits per heavy atom. The lowest BCUT2D eigenvalue weighted by Gasteiger charge is -2.18. The van der Waals surface area contributed by atoms with Crippen molar-refractivity contribution >= 4 is 17.9 Å². The van der Waals surface area contributed by atoms with Crippen molar-refractivity contribution in [3.63, 3.8) is 0 Å². The number of carbonyl (C=O) groups excluding carboxylic acids is 3. The Bertz CT molecular complexity index is 1090. The molecule has 0 aliphatic carbocycles. The monoisotopic (exact) mass is 913 g/mol. The van der Waals surface area contributed by atoms with Crippen LogP contribution >= 0.6 is 0 Å². The van der Waals surface area contributed by atoms with E-state index in [9.17, 15) is 14.4 Å². The van der Waals surface area contributed by atoms with Gasteiger partial charge in [-0.1, -0.05) is 243 Å². The second kappa shape index (κ2) is 54.2. The Hall–Kier alpha value is -2.37. The van der Waals surface area contributed by atoms with Crippen molar-refractivity contribution < 1.29 is 28.6 Å². The van der Waals surface area contributed by atoms with E-state index in [2.05, 4.69) is 57.2 Å². The molecule has 0 aliphatic heterocycles. The highest BCUT2D eigenvalue weighted by atomic mass is 16.6. The van der Waals surface area contributed by atoms with Crippen molar-refractivity contribution in [3.8, 4) is 0 Å². The van der Waals surface area contributed by atoms with Crippen LogP contribution in [-0.2, 0) is 28.6 Å². The van der Waals surface area contributed by atoms with Gasteiger partial charge in [0, 0.05) is 19.3 Å². The van der Waals surface area contributed by atoms with Crippen LogP contribution in [0.3, 0.4) is 0 Å². The van der Waals surface area contributed by atoms with E-state index in [1.807, 2.05) is 0 Å². The molecule has 0 saturated carbocycles. The minimum absolute atomic E-state index is 0.0770. The predicted molar refractivity (Wildman–Crippen MR) is 279 cm³/mol. The second-order valence-electron chi connectivity index (χ2n) is 19.2. The van der Waals surface area contributed by atoms with E-state index in [-0.39, 0.29) is 31.1 Å². The Labute approximate surface area is 404 Å². The van der Waals surface area contributed by atoms with Crippen molar-refractivity contribution in [2.75, 3.05) is 13.2 Å². The summed E-state index contributed by atoms with van der Waals surface area (Å²) in [6, 6.07) is 0. The second-order valence-corrected chi connectivity index (χ2v) is 19.2. The highest BCUT2D eigenvalue weighted by molar-refractivity contribution is 5.71. The van der Waals surface area contributed by atoms with Crippen molar-refractivity contribution in [1.29, 1.82) is 0 Å². The Morgan fingerprint density at radius 3 is 0.892 bits per heavy atom. The predicted octanol–water partition coefficient (Wildman–Crippen LogP) is 18.9. The number of unbranched alkanes of at least 4 members (excludes halogenated alkanes) is 35. The Balaban J connectivity index is 4.37. The molecule has 0 heterocycles. The normalized spacial score (nSPS) is 12.2. The molecule has 0 spiro atoms. The summed E-state index contributed by atoms with van der Waals surface area (Å²) in [6.45, 7) is 6.63. The quantitative estimate of drug-likeness (QED) is 0.0262. The zero-order valence-electron chi connectivity index (χ0n) is 43.5. The van der Waals surface area contributed by atoms with Crippen LogP contribution in [0.2, 0.25) is 0 Å². The third-order valence-corrected chi connectivity index (χ3v) is 12.6. The molecular formula is C59H108O6. The average Bonchev–Trinajstić information content (AvgIpc) is 3.30. The molecule has 0 amide bonds. The van der Waals surface area contributed by atoms with E-state index in [1.54, 1.807) is 0 Å². The Morgan fingerprint density at radius 2 is 0.554 bits per heavy atom. The van der Waals surface area contributed by atoms with Gasteiger partial charge in [-0.25, -0.2) is 0 Å². The molecule has 0 unspecified atom stereocenters. The van der Waals surface area contributed by atoms with Gasteiger partial charge in [0.15, 0.2) is 6.10 Å². The first-order valence-corrected chi connectivity index (χ1v) is 28.5. The summed E-state index contributed by atoms with van der Waals surface area (Å²) in [6.07, 6.45) is 64.1. The van der Waals surface area contributed by atoms with Crippen LogP contribution in [0.5, 0.6) is 0 Å². The van der Waals surface area contributed by atoms with E-state index in [4.69, 9.17) is 14.2 Å². The fourth-order valence-corrected chi connectivity index (χ4v) is 8.29. The first-order valence-electron chi connectivity index (χ1n) is 28.5. The molecule has 0 aromatic heterocycles. The fraction of sp³-hybridized carbons (Fsp3) is 0.847. The molecule has 0 aliphatic rings. The SMILES string of the molecule is CCCCCC=CCC=CCCCCCCCC(=O)O[C@H](COC(=O)CCCCCCCC=CCCCCCCCC)COC(=O)CCCCCCCCCCCCCCCCCCC. The summed E-state index contributed by atoms with van der Waals surface area (Å²) < 4.78 is 16.9. The van der Waals surface area contributed by atoms with Crippen molar-refractivity contribution in [1.82, 2.24) is 0 Å². The standard InChI is InChI=1S/C59H108O6/c1-4-7-10-13-16-19-22-25-28-29-32-34-37-40-43-46-49-52-58(61)64-55-56(65-59(62)53-50-47-44-41-38-35-31-27-24-21-18-15-12-9-6-3)54-63-57(60)51-48-45-42-39-36-33-30-26-23-20-17-14-11-8-5-2/h18,21,26-27,30-31,56H,4-17,19-20,22-25,28-29,32-55H2,1-3H3/t56-/m1/s1. The highest BCUT2D eigenvalue weighted by Gasteiger charge is 2.19. The van der Waals surface area contributed by atoms with Gasteiger partial charge in [0.05, 0.1) is 0 Å². The van der Waals surface area contributed by atoms with Crippen molar-refractivity contribution in [2.24, 2.45) is 0 Å². The number of hydrogen-bond donors (Lipinski definition) is 0. The summed E-state index contributed by atoms with van der Waals surface area (Å²) in [7, 11) is 0. The number of rotatable bonds is 52. The van der Waals surface area contributed by atoms with Gasteiger partial charge >= 0.3 is 17.9 Å². The van der Waals surface area contributed by atoms with E-state index in [1.165, 1.54) is 173 Å². The van der Waals surface area contributed by atoms with Gasteiger partial charge in [0.2, 0.25) is 0 Å². The number of esters is 3. The molecule has 0 fully saturated rings. The van der Waals surface area contributed by atoms with Crippen LogP contribution in [0.15, 0.2) is 36.5 Å². The van der Waals surface area contributed by atoms with Crippen molar-refractivity contribution in [2.45, 2.75) is 309 Å². The molecule has 0 radical (unpaired) electrons. The molecule has 0 rings (SSSR count). The van der Waals surface area contributed by atoms with Gasteiger partial charge in [-0.2, -0.15) is 0 Å². The van der Waals surface area contributed by atoms with Gasteiger partial charge in [-0.3, -0.25) is 14.4 Å². The topological polar surface area (TPSA) is 78.9 Å². The first kappa shape index (κ1) is 62.6. The van der Waals surface area contributed by atoms with Gasteiger partial charge in [-0.15, -0.1) is 0 Å². The molecule has 6 nitrogen and oxygen atoms in total.